The van der Waals surface area contributed by atoms with Crippen LogP contribution in [-0.2, 0) is 4.79 Å². The number of rotatable bonds is 1. The van der Waals surface area contributed by atoms with E-state index in [2.05, 4.69) is 0 Å². The molecule has 88 valence electrons. The molecular formula is C11H20O4. The Hall–Kier alpha value is -0.870. The maximum atomic E-state index is 9.86. The molecule has 0 aromatic carbocycles. The van der Waals surface area contributed by atoms with Crippen molar-refractivity contribution in [3.05, 3.63) is 11.6 Å². The average Bonchev–Trinajstić information content (AvgIpc) is 2.22. The van der Waals surface area contributed by atoms with Crippen molar-refractivity contribution in [2.45, 2.75) is 51.7 Å². The maximum Gasteiger partial charge on any atom is 0.330 e. The minimum absolute atomic E-state index is 0.140. The lowest BCUT2D eigenvalue weighted by atomic mass is 9.95. The summed E-state index contributed by atoms with van der Waals surface area (Å²) in [6, 6.07) is 0. The SMILES string of the molecule is CC=C(C)C(=O)O.OC1CCC(O)CC1. The molecule has 0 saturated heterocycles. The Morgan fingerprint density at radius 1 is 1.13 bits per heavy atom. The van der Waals surface area contributed by atoms with Crippen LogP contribution in [0.4, 0.5) is 0 Å². The predicted octanol–water partition coefficient (Wildman–Crippen LogP) is 1.32. The van der Waals surface area contributed by atoms with Crippen LogP contribution < -0.4 is 0 Å². The minimum Gasteiger partial charge on any atom is -0.478 e. The molecule has 4 nitrogen and oxygen atoms in total. The number of carbonyl (C=O) groups is 1. The summed E-state index contributed by atoms with van der Waals surface area (Å²) in [6.45, 7) is 3.26. The van der Waals surface area contributed by atoms with Gasteiger partial charge in [0.15, 0.2) is 0 Å². The standard InChI is InChI=1S/C6H12O2.C5H8O2/c7-5-1-2-6(8)4-3-5;1-3-4(2)5(6)7/h5-8H,1-4H2;3H,1-2H3,(H,6,7). The second kappa shape index (κ2) is 7.43. The van der Waals surface area contributed by atoms with Crippen molar-refractivity contribution in [1.29, 1.82) is 0 Å². The number of carboxylic acid groups (broad SMARTS) is 1. The molecule has 0 heterocycles. The molecule has 1 rings (SSSR count). The third-order valence-corrected chi connectivity index (χ3v) is 2.44. The number of carboxylic acids is 1. The van der Waals surface area contributed by atoms with Crippen LogP contribution in [0.5, 0.6) is 0 Å². The van der Waals surface area contributed by atoms with Crippen LogP contribution in [0.1, 0.15) is 39.5 Å². The highest BCUT2D eigenvalue weighted by Gasteiger charge is 2.15. The molecule has 15 heavy (non-hydrogen) atoms. The van der Waals surface area contributed by atoms with Crippen molar-refractivity contribution in [1.82, 2.24) is 0 Å². The first-order chi connectivity index (χ1) is 6.97. The molecule has 3 N–H and O–H groups in total. The molecule has 0 spiro atoms. The quantitative estimate of drug-likeness (QED) is 0.578. The van der Waals surface area contributed by atoms with E-state index < -0.39 is 5.97 Å². The van der Waals surface area contributed by atoms with Crippen molar-refractivity contribution in [3.8, 4) is 0 Å². The lowest BCUT2D eigenvalue weighted by molar-refractivity contribution is -0.132. The number of hydrogen-bond acceptors (Lipinski definition) is 3. The third-order valence-electron chi connectivity index (χ3n) is 2.44. The van der Waals surface area contributed by atoms with Crippen LogP contribution in [0.2, 0.25) is 0 Å². The van der Waals surface area contributed by atoms with Crippen molar-refractivity contribution >= 4 is 5.97 Å². The number of aliphatic hydroxyl groups is 2. The van der Waals surface area contributed by atoms with Crippen LogP contribution in [0.15, 0.2) is 11.6 Å². The second-order valence-electron chi connectivity index (χ2n) is 3.74. The van der Waals surface area contributed by atoms with Gasteiger partial charge in [-0.25, -0.2) is 4.79 Å². The van der Waals surface area contributed by atoms with Gasteiger partial charge in [0.05, 0.1) is 12.2 Å². The van der Waals surface area contributed by atoms with Gasteiger partial charge in [-0.15, -0.1) is 0 Å². The van der Waals surface area contributed by atoms with Crippen LogP contribution in [0.25, 0.3) is 0 Å². The number of hydrogen-bond donors (Lipinski definition) is 3. The fourth-order valence-electron chi connectivity index (χ4n) is 1.18. The molecule has 0 atom stereocenters. The number of aliphatic carboxylic acids is 1. The zero-order valence-electron chi connectivity index (χ0n) is 9.31. The van der Waals surface area contributed by atoms with E-state index in [9.17, 15) is 4.79 Å². The first-order valence-corrected chi connectivity index (χ1v) is 5.19. The van der Waals surface area contributed by atoms with E-state index in [1.54, 1.807) is 19.9 Å². The van der Waals surface area contributed by atoms with Crippen LogP contribution in [0, 0.1) is 0 Å². The van der Waals surface area contributed by atoms with Gasteiger partial charge in [0.25, 0.3) is 0 Å². The van der Waals surface area contributed by atoms with Gasteiger partial charge in [-0.1, -0.05) is 6.08 Å². The van der Waals surface area contributed by atoms with Gasteiger partial charge >= 0.3 is 5.97 Å². The Balaban J connectivity index is 0.000000265. The summed E-state index contributed by atoms with van der Waals surface area (Å²) < 4.78 is 0. The van der Waals surface area contributed by atoms with Gasteiger partial charge in [0, 0.05) is 5.57 Å². The van der Waals surface area contributed by atoms with Crippen LogP contribution in [0.3, 0.4) is 0 Å². The lowest BCUT2D eigenvalue weighted by Crippen LogP contribution is -2.21. The van der Waals surface area contributed by atoms with E-state index in [4.69, 9.17) is 15.3 Å². The molecule has 0 unspecified atom stereocenters. The molecule has 0 radical (unpaired) electrons. The monoisotopic (exact) mass is 216 g/mol. The molecule has 0 amide bonds. The van der Waals surface area contributed by atoms with E-state index >= 15 is 0 Å². The van der Waals surface area contributed by atoms with Crippen molar-refractivity contribution in [3.63, 3.8) is 0 Å². The highest BCUT2D eigenvalue weighted by molar-refractivity contribution is 5.85. The van der Waals surface area contributed by atoms with E-state index in [0.717, 1.165) is 25.7 Å². The summed E-state index contributed by atoms with van der Waals surface area (Å²) in [7, 11) is 0. The van der Waals surface area contributed by atoms with Gasteiger partial charge in [-0.05, 0) is 39.5 Å². The number of aliphatic hydroxyl groups excluding tert-OH is 2. The van der Waals surface area contributed by atoms with Gasteiger partial charge in [0.2, 0.25) is 0 Å². The number of allylic oxidation sites excluding steroid dienone is 1. The Labute approximate surface area is 90.2 Å². The van der Waals surface area contributed by atoms with E-state index in [1.165, 1.54) is 0 Å². The van der Waals surface area contributed by atoms with Crippen molar-refractivity contribution in [2.24, 2.45) is 0 Å². The highest BCUT2D eigenvalue weighted by atomic mass is 16.4. The maximum absolute atomic E-state index is 9.86. The summed E-state index contributed by atoms with van der Waals surface area (Å²) in [5.41, 5.74) is 0.389. The van der Waals surface area contributed by atoms with Crippen LogP contribution in [-0.4, -0.2) is 33.5 Å². The first kappa shape index (κ1) is 14.1. The minimum atomic E-state index is -0.845. The Bertz CT molecular complexity index is 205. The lowest BCUT2D eigenvalue weighted by Gasteiger charge is -2.20. The van der Waals surface area contributed by atoms with Gasteiger partial charge in [-0.2, -0.15) is 0 Å². The van der Waals surface area contributed by atoms with Crippen molar-refractivity contribution in [2.75, 3.05) is 0 Å². The topological polar surface area (TPSA) is 77.8 Å². The molecule has 1 fully saturated rings. The molecule has 0 aromatic heterocycles. The summed E-state index contributed by atoms with van der Waals surface area (Å²) in [5.74, 6) is -0.845. The smallest absolute Gasteiger partial charge is 0.330 e. The summed E-state index contributed by atoms with van der Waals surface area (Å²) in [4.78, 5) is 9.86. The molecule has 1 aliphatic rings. The van der Waals surface area contributed by atoms with Crippen LogP contribution >= 0.6 is 0 Å². The molecule has 0 aliphatic heterocycles. The first-order valence-electron chi connectivity index (χ1n) is 5.19. The zero-order valence-corrected chi connectivity index (χ0v) is 9.31. The predicted molar refractivity (Wildman–Crippen MR) is 57.5 cm³/mol. The molecule has 4 heteroatoms. The largest absolute Gasteiger partial charge is 0.478 e. The van der Waals surface area contributed by atoms with E-state index in [-0.39, 0.29) is 12.2 Å². The van der Waals surface area contributed by atoms with Gasteiger partial charge in [0.1, 0.15) is 0 Å². The van der Waals surface area contributed by atoms with E-state index in [1.807, 2.05) is 0 Å². The molecule has 1 saturated carbocycles. The summed E-state index contributed by atoms with van der Waals surface area (Å²) in [6.07, 6.45) is 4.39. The van der Waals surface area contributed by atoms with E-state index in [0.29, 0.717) is 5.57 Å². The van der Waals surface area contributed by atoms with Crippen molar-refractivity contribution < 1.29 is 20.1 Å². The fourth-order valence-corrected chi connectivity index (χ4v) is 1.18. The Kier molecular flexibility index (Phi) is 6.99. The molecule has 1 aliphatic carbocycles. The summed E-state index contributed by atoms with van der Waals surface area (Å²) >= 11 is 0. The second-order valence-corrected chi connectivity index (χ2v) is 3.74. The average molecular weight is 216 g/mol. The molecule has 0 aromatic rings. The fraction of sp³-hybridized carbons (Fsp3) is 0.727. The van der Waals surface area contributed by atoms with Gasteiger partial charge < -0.3 is 15.3 Å². The molecule has 0 bridgehead atoms. The zero-order chi connectivity index (χ0) is 11.8. The normalized spacial score (nSPS) is 26.5. The Morgan fingerprint density at radius 2 is 1.47 bits per heavy atom. The van der Waals surface area contributed by atoms with Gasteiger partial charge in [-0.3, -0.25) is 0 Å². The summed E-state index contributed by atoms with van der Waals surface area (Å²) in [5, 5.41) is 25.9. The molecular weight excluding hydrogens is 196 g/mol. The Morgan fingerprint density at radius 3 is 1.60 bits per heavy atom. The highest BCUT2D eigenvalue weighted by Crippen LogP contribution is 2.17. The third kappa shape index (κ3) is 7.11.